The van der Waals surface area contributed by atoms with Crippen LogP contribution in [0.2, 0.25) is 5.02 Å². The van der Waals surface area contributed by atoms with Gasteiger partial charge in [0.25, 0.3) is 0 Å². The summed E-state index contributed by atoms with van der Waals surface area (Å²) in [6.45, 7) is 2.23. The van der Waals surface area contributed by atoms with Crippen LogP contribution in [0.25, 0.3) is 6.08 Å². The number of rotatable bonds is 5. The average molecular weight is 342 g/mol. The predicted octanol–water partition coefficient (Wildman–Crippen LogP) is 6.01. The summed E-state index contributed by atoms with van der Waals surface area (Å²) in [6.07, 6.45) is 6.37. The van der Waals surface area contributed by atoms with Crippen molar-refractivity contribution < 1.29 is 9.53 Å². The van der Waals surface area contributed by atoms with Crippen molar-refractivity contribution in [3.63, 3.8) is 0 Å². The number of hydrogen-bond donors (Lipinski definition) is 1. The molecule has 1 saturated carbocycles. The molecule has 4 heteroatoms. The van der Waals surface area contributed by atoms with Crippen LogP contribution in [0, 0.1) is 11.8 Å². The maximum Gasteiger partial charge on any atom is 0.417 e. The fourth-order valence-corrected chi connectivity index (χ4v) is 2.76. The number of halogens is 1. The van der Waals surface area contributed by atoms with Gasteiger partial charge in [0.15, 0.2) is 0 Å². The van der Waals surface area contributed by atoms with Crippen molar-refractivity contribution in [1.29, 1.82) is 0 Å². The standard InChI is InChI=1S/C20H20ClNO2/c1-14(15-9-10-15)7-8-16-11-12-17(13-19(16)21)22-20(23)24-18-5-3-2-4-6-18/h2-8,11-15H,9-10H2,1H3,(H,22,23)/b8-7+. The lowest BCUT2D eigenvalue weighted by molar-refractivity contribution is 0.215. The summed E-state index contributed by atoms with van der Waals surface area (Å²) >= 11 is 6.31. The number of ether oxygens (including phenoxy) is 1. The minimum absolute atomic E-state index is 0.495. The second kappa shape index (κ2) is 7.54. The zero-order chi connectivity index (χ0) is 16.9. The van der Waals surface area contributed by atoms with Gasteiger partial charge in [-0.15, -0.1) is 0 Å². The molecular weight excluding hydrogens is 322 g/mol. The van der Waals surface area contributed by atoms with Crippen LogP contribution in [0.3, 0.4) is 0 Å². The van der Waals surface area contributed by atoms with Gasteiger partial charge < -0.3 is 4.74 Å². The monoisotopic (exact) mass is 341 g/mol. The molecular formula is C20H20ClNO2. The van der Waals surface area contributed by atoms with E-state index in [2.05, 4.69) is 24.4 Å². The van der Waals surface area contributed by atoms with Gasteiger partial charge in [0.2, 0.25) is 0 Å². The number of allylic oxidation sites excluding steroid dienone is 1. The van der Waals surface area contributed by atoms with E-state index in [0.717, 1.165) is 11.5 Å². The molecule has 1 unspecified atom stereocenters. The zero-order valence-electron chi connectivity index (χ0n) is 13.5. The number of carbonyl (C=O) groups excluding carboxylic acids is 1. The third kappa shape index (κ3) is 4.62. The topological polar surface area (TPSA) is 38.3 Å². The van der Waals surface area contributed by atoms with Crippen LogP contribution in [-0.4, -0.2) is 6.09 Å². The molecule has 0 bridgehead atoms. The maximum atomic E-state index is 11.9. The van der Waals surface area contributed by atoms with Crippen molar-refractivity contribution in [2.45, 2.75) is 19.8 Å². The van der Waals surface area contributed by atoms with Crippen molar-refractivity contribution in [3.8, 4) is 5.75 Å². The second-order valence-electron chi connectivity index (χ2n) is 6.12. The minimum atomic E-state index is -0.539. The third-order valence-corrected chi connectivity index (χ3v) is 4.47. The minimum Gasteiger partial charge on any atom is -0.410 e. The first-order valence-electron chi connectivity index (χ1n) is 8.13. The van der Waals surface area contributed by atoms with E-state index in [1.807, 2.05) is 30.3 Å². The van der Waals surface area contributed by atoms with Crippen molar-refractivity contribution in [2.75, 3.05) is 5.32 Å². The Morgan fingerprint density at radius 2 is 2.00 bits per heavy atom. The Balaban J connectivity index is 1.60. The highest BCUT2D eigenvalue weighted by molar-refractivity contribution is 6.32. The number of amides is 1. The van der Waals surface area contributed by atoms with Gasteiger partial charge in [-0.05, 0) is 54.5 Å². The Hall–Kier alpha value is -2.26. The van der Waals surface area contributed by atoms with E-state index in [1.54, 1.807) is 18.2 Å². The normalized spacial score (nSPS) is 15.2. The maximum absolute atomic E-state index is 11.9. The van der Waals surface area contributed by atoms with Crippen LogP contribution in [0.5, 0.6) is 5.75 Å². The summed E-state index contributed by atoms with van der Waals surface area (Å²) < 4.78 is 5.19. The lowest BCUT2D eigenvalue weighted by Gasteiger charge is -2.08. The Morgan fingerprint density at radius 3 is 2.67 bits per heavy atom. The van der Waals surface area contributed by atoms with E-state index >= 15 is 0 Å². The molecule has 1 aliphatic carbocycles. The Labute approximate surface area is 147 Å². The number of anilines is 1. The lowest BCUT2D eigenvalue weighted by Crippen LogP contribution is -2.16. The second-order valence-corrected chi connectivity index (χ2v) is 6.53. The smallest absolute Gasteiger partial charge is 0.410 e. The lowest BCUT2D eigenvalue weighted by atomic mass is 10.0. The van der Waals surface area contributed by atoms with Crippen LogP contribution in [0.1, 0.15) is 25.3 Å². The van der Waals surface area contributed by atoms with Crippen molar-refractivity contribution >= 4 is 29.5 Å². The molecule has 2 aromatic rings. The van der Waals surface area contributed by atoms with Gasteiger partial charge in [0, 0.05) is 10.7 Å². The van der Waals surface area contributed by atoms with Gasteiger partial charge in [0.1, 0.15) is 5.75 Å². The van der Waals surface area contributed by atoms with Gasteiger partial charge in [-0.2, -0.15) is 0 Å². The van der Waals surface area contributed by atoms with Crippen molar-refractivity contribution in [3.05, 3.63) is 65.2 Å². The zero-order valence-corrected chi connectivity index (χ0v) is 14.3. The molecule has 1 N–H and O–H groups in total. The molecule has 1 aliphatic rings. The van der Waals surface area contributed by atoms with E-state index < -0.39 is 6.09 Å². The Kier molecular flexibility index (Phi) is 5.21. The molecule has 0 saturated heterocycles. The summed E-state index contributed by atoms with van der Waals surface area (Å²) in [6, 6.07) is 14.4. The molecule has 2 aromatic carbocycles. The molecule has 1 amide bonds. The van der Waals surface area contributed by atoms with E-state index in [4.69, 9.17) is 16.3 Å². The highest BCUT2D eigenvalue weighted by Crippen LogP contribution is 2.37. The summed E-state index contributed by atoms with van der Waals surface area (Å²) in [7, 11) is 0. The van der Waals surface area contributed by atoms with Gasteiger partial charge in [0.05, 0.1) is 0 Å². The fourth-order valence-electron chi connectivity index (χ4n) is 2.51. The van der Waals surface area contributed by atoms with Crippen LogP contribution >= 0.6 is 11.6 Å². The van der Waals surface area contributed by atoms with Crippen LogP contribution in [0.4, 0.5) is 10.5 Å². The average Bonchev–Trinajstić information content (AvgIpc) is 3.39. The molecule has 0 aliphatic heterocycles. The van der Waals surface area contributed by atoms with Crippen molar-refractivity contribution in [2.24, 2.45) is 11.8 Å². The van der Waals surface area contributed by atoms with Gasteiger partial charge in [-0.25, -0.2) is 4.79 Å². The van der Waals surface area contributed by atoms with Crippen LogP contribution < -0.4 is 10.1 Å². The number of hydrogen-bond acceptors (Lipinski definition) is 2. The Morgan fingerprint density at radius 1 is 1.25 bits per heavy atom. The summed E-state index contributed by atoms with van der Waals surface area (Å²) in [5, 5.41) is 3.29. The molecule has 0 radical (unpaired) electrons. The molecule has 0 aromatic heterocycles. The fraction of sp³-hybridized carbons (Fsp3) is 0.250. The first-order chi connectivity index (χ1) is 11.6. The van der Waals surface area contributed by atoms with Gasteiger partial charge >= 0.3 is 6.09 Å². The number of carbonyl (C=O) groups is 1. The molecule has 1 fully saturated rings. The third-order valence-electron chi connectivity index (χ3n) is 4.15. The highest BCUT2D eigenvalue weighted by Gasteiger charge is 2.25. The number of nitrogens with one attached hydrogen (secondary N) is 1. The predicted molar refractivity (Wildman–Crippen MR) is 98.5 cm³/mol. The molecule has 0 heterocycles. The van der Waals surface area contributed by atoms with E-state index in [1.165, 1.54) is 12.8 Å². The molecule has 3 nitrogen and oxygen atoms in total. The van der Waals surface area contributed by atoms with E-state index in [9.17, 15) is 4.79 Å². The first-order valence-corrected chi connectivity index (χ1v) is 8.51. The van der Waals surface area contributed by atoms with Gasteiger partial charge in [-0.3, -0.25) is 5.32 Å². The summed E-state index contributed by atoms with van der Waals surface area (Å²) in [5.74, 6) is 1.91. The van der Waals surface area contributed by atoms with Crippen LogP contribution in [-0.2, 0) is 0 Å². The van der Waals surface area contributed by atoms with E-state index in [0.29, 0.717) is 22.4 Å². The number of benzene rings is 2. The molecule has 1 atom stereocenters. The molecule has 0 spiro atoms. The molecule has 124 valence electrons. The summed E-state index contributed by atoms with van der Waals surface area (Å²) in [4.78, 5) is 11.9. The quantitative estimate of drug-likeness (QED) is 0.723. The largest absolute Gasteiger partial charge is 0.417 e. The Bertz CT molecular complexity index is 739. The van der Waals surface area contributed by atoms with Crippen LogP contribution in [0.15, 0.2) is 54.6 Å². The van der Waals surface area contributed by atoms with Crippen molar-refractivity contribution in [1.82, 2.24) is 0 Å². The SMILES string of the molecule is CC(/C=C/c1ccc(NC(=O)Oc2ccccc2)cc1Cl)C1CC1. The van der Waals surface area contributed by atoms with E-state index in [-0.39, 0.29) is 0 Å². The molecule has 3 rings (SSSR count). The number of para-hydroxylation sites is 1. The summed E-state index contributed by atoms with van der Waals surface area (Å²) in [5.41, 5.74) is 1.56. The molecule has 24 heavy (non-hydrogen) atoms. The first kappa shape index (κ1) is 16.6. The van der Waals surface area contributed by atoms with Gasteiger partial charge in [-0.1, -0.05) is 54.9 Å². The highest BCUT2D eigenvalue weighted by atomic mass is 35.5.